The Morgan fingerprint density at radius 1 is 1.15 bits per heavy atom. The largest absolute Gasteiger partial charge is 0.491 e. The van der Waals surface area contributed by atoms with E-state index in [4.69, 9.17) is 16.3 Å². The fourth-order valence-corrected chi connectivity index (χ4v) is 1.82. The van der Waals surface area contributed by atoms with E-state index in [-0.39, 0.29) is 12.4 Å². The maximum absolute atomic E-state index is 12.7. The van der Waals surface area contributed by atoms with Crippen LogP contribution in [-0.4, -0.2) is 24.4 Å². The lowest BCUT2D eigenvalue weighted by Gasteiger charge is -2.14. The van der Waals surface area contributed by atoms with Gasteiger partial charge in [-0.1, -0.05) is 23.7 Å². The molecular formula is C15H15ClFNO2. The van der Waals surface area contributed by atoms with Gasteiger partial charge in [0.1, 0.15) is 24.3 Å². The van der Waals surface area contributed by atoms with Crippen LogP contribution in [0.4, 0.5) is 10.1 Å². The summed E-state index contributed by atoms with van der Waals surface area (Å²) in [5.41, 5.74) is 0.759. The number of hydrogen-bond donors (Lipinski definition) is 2. The predicted octanol–water partition coefficient (Wildman–Crippen LogP) is 3.33. The Morgan fingerprint density at radius 2 is 1.85 bits per heavy atom. The Hall–Kier alpha value is -1.78. The zero-order chi connectivity index (χ0) is 14.4. The van der Waals surface area contributed by atoms with Crippen molar-refractivity contribution >= 4 is 17.3 Å². The third kappa shape index (κ3) is 4.40. The minimum absolute atomic E-state index is 0.114. The van der Waals surface area contributed by atoms with Gasteiger partial charge in [0.2, 0.25) is 0 Å². The first-order valence-corrected chi connectivity index (χ1v) is 6.58. The molecule has 20 heavy (non-hydrogen) atoms. The van der Waals surface area contributed by atoms with E-state index in [0.717, 1.165) is 5.69 Å². The topological polar surface area (TPSA) is 41.5 Å². The molecule has 0 fully saturated rings. The van der Waals surface area contributed by atoms with Crippen molar-refractivity contribution in [1.82, 2.24) is 0 Å². The molecular weight excluding hydrogens is 281 g/mol. The third-order valence-corrected chi connectivity index (χ3v) is 2.99. The van der Waals surface area contributed by atoms with E-state index in [1.54, 1.807) is 6.07 Å². The van der Waals surface area contributed by atoms with Gasteiger partial charge in [0.15, 0.2) is 0 Å². The Balaban J connectivity index is 1.77. The quantitative estimate of drug-likeness (QED) is 0.859. The van der Waals surface area contributed by atoms with Gasteiger partial charge in [-0.05, 0) is 36.4 Å². The number of aliphatic hydroxyl groups is 1. The number of benzene rings is 2. The molecule has 0 bridgehead atoms. The first-order chi connectivity index (χ1) is 9.65. The lowest BCUT2D eigenvalue weighted by molar-refractivity contribution is 0.117. The first-order valence-electron chi connectivity index (χ1n) is 6.20. The van der Waals surface area contributed by atoms with Crippen molar-refractivity contribution in [3.05, 3.63) is 59.4 Å². The summed E-state index contributed by atoms with van der Waals surface area (Å²) in [7, 11) is 0. The van der Waals surface area contributed by atoms with Gasteiger partial charge in [-0.3, -0.25) is 0 Å². The number of nitrogens with one attached hydrogen (secondary N) is 1. The summed E-state index contributed by atoms with van der Waals surface area (Å²) in [6.45, 7) is 0.425. The van der Waals surface area contributed by atoms with Gasteiger partial charge < -0.3 is 15.2 Å². The number of hydrogen-bond acceptors (Lipinski definition) is 3. The van der Waals surface area contributed by atoms with Crippen LogP contribution in [-0.2, 0) is 0 Å². The van der Waals surface area contributed by atoms with Gasteiger partial charge in [-0.25, -0.2) is 4.39 Å². The highest BCUT2D eigenvalue weighted by molar-refractivity contribution is 6.33. The Labute approximate surface area is 122 Å². The second-order valence-electron chi connectivity index (χ2n) is 4.28. The second-order valence-corrected chi connectivity index (χ2v) is 4.69. The highest BCUT2D eigenvalue weighted by Gasteiger charge is 2.06. The molecule has 0 saturated carbocycles. The molecule has 0 aromatic heterocycles. The van der Waals surface area contributed by atoms with Crippen molar-refractivity contribution in [2.75, 3.05) is 18.5 Å². The molecule has 0 saturated heterocycles. The maximum Gasteiger partial charge on any atom is 0.123 e. The summed E-state index contributed by atoms with van der Waals surface area (Å²) in [6.07, 6.45) is -0.698. The van der Waals surface area contributed by atoms with Gasteiger partial charge in [0, 0.05) is 6.54 Å². The molecule has 0 aliphatic rings. The number of ether oxygens (including phenoxy) is 1. The highest BCUT2D eigenvalue weighted by Crippen LogP contribution is 2.20. The summed E-state index contributed by atoms with van der Waals surface area (Å²) in [4.78, 5) is 0. The van der Waals surface area contributed by atoms with Crippen LogP contribution in [0.25, 0.3) is 0 Å². The van der Waals surface area contributed by atoms with Gasteiger partial charge in [0.25, 0.3) is 0 Å². The van der Waals surface area contributed by atoms with Gasteiger partial charge in [-0.15, -0.1) is 0 Å². The van der Waals surface area contributed by atoms with E-state index in [0.29, 0.717) is 17.3 Å². The molecule has 2 aromatic rings. The van der Waals surface area contributed by atoms with Gasteiger partial charge >= 0.3 is 0 Å². The zero-order valence-electron chi connectivity index (χ0n) is 10.7. The minimum atomic E-state index is -0.698. The summed E-state index contributed by atoms with van der Waals surface area (Å²) in [6, 6.07) is 12.9. The summed E-state index contributed by atoms with van der Waals surface area (Å²) in [5.74, 6) is 0.196. The van der Waals surface area contributed by atoms with E-state index < -0.39 is 6.10 Å². The van der Waals surface area contributed by atoms with Crippen LogP contribution in [0.2, 0.25) is 5.02 Å². The van der Waals surface area contributed by atoms with Gasteiger partial charge in [-0.2, -0.15) is 0 Å². The molecule has 1 atom stereocenters. The Morgan fingerprint density at radius 3 is 2.55 bits per heavy atom. The summed E-state index contributed by atoms with van der Waals surface area (Å²) < 4.78 is 18.1. The third-order valence-electron chi connectivity index (χ3n) is 2.66. The molecule has 2 rings (SSSR count). The lowest BCUT2D eigenvalue weighted by Crippen LogP contribution is -2.26. The standard InChI is InChI=1S/C15H15ClFNO2/c16-14-3-1-2-4-15(14)18-9-12(19)10-20-13-7-5-11(17)6-8-13/h1-8,12,18-19H,9-10H2. The molecule has 5 heteroatoms. The normalized spacial score (nSPS) is 11.9. The summed E-state index contributed by atoms with van der Waals surface area (Å²) >= 11 is 5.98. The minimum Gasteiger partial charge on any atom is -0.491 e. The van der Waals surface area contributed by atoms with Crippen LogP contribution in [0.1, 0.15) is 0 Å². The number of anilines is 1. The van der Waals surface area contributed by atoms with E-state index in [1.807, 2.05) is 18.2 Å². The molecule has 0 radical (unpaired) electrons. The molecule has 0 heterocycles. The SMILES string of the molecule is OC(CNc1ccccc1Cl)COc1ccc(F)cc1. The molecule has 2 N–H and O–H groups in total. The van der Waals surface area contributed by atoms with Crippen molar-refractivity contribution < 1.29 is 14.2 Å². The monoisotopic (exact) mass is 295 g/mol. The molecule has 2 aromatic carbocycles. The van der Waals surface area contributed by atoms with E-state index in [1.165, 1.54) is 24.3 Å². The average Bonchev–Trinajstić information content (AvgIpc) is 2.46. The van der Waals surface area contributed by atoms with Gasteiger partial charge in [0.05, 0.1) is 10.7 Å². The van der Waals surface area contributed by atoms with Crippen molar-refractivity contribution in [2.24, 2.45) is 0 Å². The van der Waals surface area contributed by atoms with Crippen LogP contribution >= 0.6 is 11.6 Å². The molecule has 1 unspecified atom stereocenters. The molecule has 106 valence electrons. The van der Waals surface area contributed by atoms with Crippen molar-refractivity contribution in [2.45, 2.75) is 6.10 Å². The number of halogens is 2. The number of rotatable bonds is 6. The highest BCUT2D eigenvalue weighted by atomic mass is 35.5. The maximum atomic E-state index is 12.7. The predicted molar refractivity (Wildman–Crippen MR) is 77.8 cm³/mol. The summed E-state index contributed by atoms with van der Waals surface area (Å²) in [5, 5.41) is 13.4. The number of para-hydroxylation sites is 1. The number of aliphatic hydroxyl groups excluding tert-OH is 1. The Kier molecular flexibility index (Phi) is 5.21. The van der Waals surface area contributed by atoms with Crippen molar-refractivity contribution in [1.29, 1.82) is 0 Å². The van der Waals surface area contributed by atoms with Crippen molar-refractivity contribution in [3.63, 3.8) is 0 Å². The van der Waals surface area contributed by atoms with Crippen LogP contribution in [0.5, 0.6) is 5.75 Å². The van der Waals surface area contributed by atoms with Crippen LogP contribution in [0.3, 0.4) is 0 Å². The van der Waals surface area contributed by atoms with Crippen LogP contribution < -0.4 is 10.1 Å². The van der Waals surface area contributed by atoms with E-state index >= 15 is 0 Å². The van der Waals surface area contributed by atoms with Crippen LogP contribution in [0.15, 0.2) is 48.5 Å². The Bertz CT molecular complexity index is 548. The smallest absolute Gasteiger partial charge is 0.123 e. The molecule has 0 aliphatic heterocycles. The fourth-order valence-electron chi connectivity index (χ4n) is 1.61. The molecule has 3 nitrogen and oxygen atoms in total. The lowest BCUT2D eigenvalue weighted by atomic mass is 10.3. The second kappa shape index (κ2) is 7.12. The van der Waals surface area contributed by atoms with E-state index in [9.17, 15) is 9.50 Å². The zero-order valence-corrected chi connectivity index (χ0v) is 11.5. The van der Waals surface area contributed by atoms with Crippen molar-refractivity contribution in [3.8, 4) is 5.75 Å². The first kappa shape index (κ1) is 14.6. The molecule has 0 amide bonds. The van der Waals surface area contributed by atoms with Crippen LogP contribution in [0, 0.1) is 5.82 Å². The average molecular weight is 296 g/mol. The fraction of sp³-hybridized carbons (Fsp3) is 0.200. The molecule has 0 spiro atoms. The van der Waals surface area contributed by atoms with E-state index in [2.05, 4.69) is 5.32 Å². The molecule has 0 aliphatic carbocycles.